The first-order valence-electron chi connectivity index (χ1n) is 4.40. The minimum absolute atomic E-state index is 0.245. The van der Waals surface area contributed by atoms with Crippen LogP contribution in [0.5, 0.6) is 0 Å². The van der Waals surface area contributed by atoms with Gasteiger partial charge in [-0.2, -0.15) is 5.26 Å². The third-order valence-electron chi connectivity index (χ3n) is 1.87. The first kappa shape index (κ1) is 9.75. The van der Waals surface area contributed by atoms with Crippen molar-refractivity contribution < 1.29 is 5.11 Å². The summed E-state index contributed by atoms with van der Waals surface area (Å²) in [6.45, 7) is 1.05. The highest BCUT2D eigenvalue weighted by molar-refractivity contribution is 5.10. The number of aliphatic hydroxyl groups excluding tert-OH is 1. The van der Waals surface area contributed by atoms with E-state index >= 15 is 0 Å². The van der Waals surface area contributed by atoms with Crippen LogP contribution in [-0.2, 0) is 6.54 Å². The molecule has 1 rings (SSSR count). The summed E-state index contributed by atoms with van der Waals surface area (Å²) >= 11 is 0. The number of aryl methyl sites for hydroxylation is 1. The van der Waals surface area contributed by atoms with Gasteiger partial charge in [0.1, 0.15) is 6.07 Å². The lowest BCUT2D eigenvalue weighted by Crippen LogP contribution is -2.00. The molecule has 0 atom stereocenters. The summed E-state index contributed by atoms with van der Waals surface area (Å²) < 4.78 is 1.83. The van der Waals surface area contributed by atoms with Gasteiger partial charge < -0.3 is 9.67 Å². The molecule has 1 aromatic heterocycles. The second-order valence-corrected chi connectivity index (χ2v) is 2.84. The molecule has 70 valence electrons. The molecule has 0 aromatic carbocycles. The Balaban J connectivity index is 2.33. The number of nitriles is 1. The Morgan fingerprint density at radius 2 is 2.31 bits per heavy atom. The van der Waals surface area contributed by atoms with Crippen molar-refractivity contribution in [2.75, 3.05) is 6.61 Å². The largest absolute Gasteiger partial charge is 0.396 e. The van der Waals surface area contributed by atoms with E-state index in [2.05, 4.69) is 4.98 Å². The van der Waals surface area contributed by atoms with Gasteiger partial charge in [0.05, 0.1) is 0 Å². The highest BCUT2D eigenvalue weighted by Crippen LogP contribution is 2.01. The van der Waals surface area contributed by atoms with Crippen LogP contribution in [0.2, 0.25) is 0 Å². The molecule has 0 fully saturated rings. The molecule has 1 N–H and O–H groups in total. The maximum atomic E-state index is 8.64. The number of aromatic nitrogens is 2. The molecule has 0 aliphatic carbocycles. The Labute approximate surface area is 77.4 Å². The average Bonchev–Trinajstić information content (AvgIpc) is 2.60. The lowest BCUT2D eigenvalue weighted by Gasteiger charge is -2.01. The maximum Gasteiger partial charge on any atom is 0.212 e. The van der Waals surface area contributed by atoms with Crippen molar-refractivity contribution in [3.05, 3.63) is 18.2 Å². The van der Waals surface area contributed by atoms with Crippen molar-refractivity contribution in [1.29, 1.82) is 5.26 Å². The lowest BCUT2D eigenvalue weighted by molar-refractivity contribution is 0.282. The van der Waals surface area contributed by atoms with Gasteiger partial charge in [-0.1, -0.05) is 0 Å². The minimum Gasteiger partial charge on any atom is -0.396 e. The van der Waals surface area contributed by atoms with E-state index in [1.165, 1.54) is 0 Å². The zero-order valence-electron chi connectivity index (χ0n) is 7.48. The Kier molecular flexibility index (Phi) is 4.00. The van der Waals surface area contributed by atoms with Crippen molar-refractivity contribution in [2.24, 2.45) is 0 Å². The van der Waals surface area contributed by atoms with Gasteiger partial charge in [0.15, 0.2) is 0 Å². The van der Waals surface area contributed by atoms with Crippen molar-refractivity contribution in [2.45, 2.75) is 25.8 Å². The Morgan fingerprint density at radius 3 is 3.00 bits per heavy atom. The fraction of sp³-hybridized carbons (Fsp3) is 0.556. The number of aliphatic hydroxyl groups is 1. The lowest BCUT2D eigenvalue weighted by atomic mass is 10.2. The maximum absolute atomic E-state index is 8.64. The molecular weight excluding hydrogens is 166 g/mol. The molecule has 1 aromatic rings. The molecule has 0 spiro atoms. The molecule has 0 aliphatic rings. The van der Waals surface area contributed by atoms with Crippen LogP contribution in [0.1, 0.15) is 25.1 Å². The first-order chi connectivity index (χ1) is 6.38. The monoisotopic (exact) mass is 179 g/mol. The summed E-state index contributed by atoms with van der Waals surface area (Å²) in [5, 5.41) is 17.2. The summed E-state index contributed by atoms with van der Waals surface area (Å²) in [6.07, 6.45) is 6.23. The van der Waals surface area contributed by atoms with Crippen LogP contribution in [0, 0.1) is 11.3 Å². The number of hydrogen-bond acceptors (Lipinski definition) is 3. The summed E-state index contributed by atoms with van der Waals surface area (Å²) in [5.41, 5.74) is 0. The number of nitrogens with zero attached hydrogens (tertiary/aromatic N) is 3. The summed E-state index contributed by atoms with van der Waals surface area (Å²) in [7, 11) is 0. The molecule has 0 unspecified atom stereocenters. The van der Waals surface area contributed by atoms with Crippen LogP contribution < -0.4 is 0 Å². The Bertz CT molecular complexity index is 287. The first-order valence-corrected chi connectivity index (χ1v) is 4.40. The van der Waals surface area contributed by atoms with E-state index in [1.807, 2.05) is 10.6 Å². The van der Waals surface area contributed by atoms with Crippen molar-refractivity contribution in [1.82, 2.24) is 9.55 Å². The van der Waals surface area contributed by atoms with Crippen molar-refractivity contribution in [3.8, 4) is 6.07 Å². The third kappa shape index (κ3) is 2.88. The Hall–Kier alpha value is -1.34. The van der Waals surface area contributed by atoms with Crippen LogP contribution >= 0.6 is 0 Å². The molecular formula is C9H13N3O. The Morgan fingerprint density at radius 1 is 1.46 bits per heavy atom. The van der Waals surface area contributed by atoms with E-state index < -0.39 is 0 Å². The van der Waals surface area contributed by atoms with Gasteiger partial charge in [0, 0.05) is 25.5 Å². The van der Waals surface area contributed by atoms with E-state index in [0.29, 0.717) is 5.82 Å². The minimum atomic E-state index is 0.245. The number of imidazole rings is 1. The van der Waals surface area contributed by atoms with Crippen molar-refractivity contribution in [3.63, 3.8) is 0 Å². The van der Waals surface area contributed by atoms with Crippen LogP contribution in [0.3, 0.4) is 0 Å². The molecule has 4 heteroatoms. The number of hydrogen-bond donors (Lipinski definition) is 1. The number of rotatable bonds is 5. The zero-order chi connectivity index (χ0) is 9.52. The number of unbranched alkanes of at least 4 members (excludes halogenated alkanes) is 2. The predicted octanol–water partition coefficient (Wildman–Crippen LogP) is 0.917. The molecule has 4 nitrogen and oxygen atoms in total. The van der Waals surface area contributed by atoms with E-state index in [1.54, 1.807) is 12.4 Å². The third-order valence-corrected chi connectivity index (χ3v) is 1.87. The molecule has 0 amide bonds. The molecule has 0 bridgehead atoms. The van der Waals surface area contributed by atoms with E-state index in [9.17, 15) is 0 Å². The molecule has 0 aliphatic heterocycles. The molecule has 1 heterocycles. The second-order valence-electron chi connectivity index (χ2n) is 2.84. The molecule has 0 radical (unpaired) electrons. The van der Waals surface area contributed by atoms with Crippen LogP contribution in [-0.4, -0.2) is 21.3 Å². The molecule has 13 heavy (non-hydrogen) atoms. The fourth-order valence-electron chi connectivity index (χ4n) is 1.17. The topological polar surface area (TPSA) is 61.8 Å². The second kappa shape index (κ2) is 5.33. The summed E-state index contributed by atoms with van der Waals surface area (Å²) in [6, 6.07) is 2.02. The average molecular weight is 179 g/mol. The van der Waals surface area contributed by atoms with E-state index in [4.69, 9.17) is 10.4 Å². The van der Waals surface area contributed by atoms with E-state index in [-0.39, 0.29) is 6.61 Å². The summed E-state index contributed by atoms with van der Waals surface area (Å²) in [4.78, 5) is 3.89. The van der Waals surface area contributed by atoms with Gasteiger partial charge in [-0.05, 0) is 19.3 Å². The van der Waals surface area contributed by atoms with E-state index in [0.717, 1.165) is 25.8 Å². The van der Waals surface area contributed by atoms with Gasteiger partial charge in [0.2, 0.25) is 5.82 Å². The predicted molar refractivity (Wildman–Crippen MR) is 47.9 cm³/mol. The highest BCUT2D eigenvalue weighted by Gasteiger charge is 1.99. The summed E-state index contributed by atoms with van der Waals surface area (Å²) in [5.74, 6) is 0.462. The smallest absolute Gasteiger partial charge is 0.212 e. The van der Waals surface area contributed by atoms with Gasteiger partial charge in [0.25, 0.3) is 0 Å². The quantitative estimate of drug-likeness (QED) is 0.683. The highest BCUT2D eigenvalue weighted by atomic mass is 16.2. The standard InChI is InChI=1S/C9H13N3O/c10-8-9-11-4-6-12(9)5-2-1-3-7-13/h4,6,13H,1-3,5,7H2. The normalized spacial score (nSPS) is 9.85. The zero-order valence-corrected chi connectivity index (χ0v) is 7.48. The van der Waals surface area contributed by atoms with Gasteiger partial charge in [-0.15, -0.1) is 0 Å². The van der Waals surface area contributed by atoms with Crippen LogP contribution in [0.25, 0.3) is 0 Å². The van der Waals surface area contributed by atoms with Gasteiger partial charge in [-0.3, -0.25) is 0 Å². The fourth-order valence-corrected chi connectivity index (χ4v) is 1.17. The SMILES string of the molecule is N#Cc1nccn1CCCCCO. The van der Waals surface area contributed by atoms with Crippen molar-refractivity contribution >= 4 is 0 Å². The van der Waals surface area contributed by atoms with Crippen LogP contribution in [0.15, 0.2) is 12.4 Å². The van der Waals surface area contributed by atoms with Gasteiger partial charge >= 0.3 is 0 Å². The van der Waals surface area contributed by atoms with Gasteiger partial charge in [-0.25, -0.2) is 4.98 Å². The molecule has 0 saturated carbocycles. The molecule has 0 saturated heterocycles. The van der Waals surface area contributed by atoms with Crippen LogP contribution in [0.4, 0.5) is 0 Å².